The molecule has 19 heavy (non-hydrogen) atoms. The van der Waals surface area contributed by atoms with Crippen molar-refractivity contribution < 1.29 is 0 Å². The predicted octanol–water partition coefficient (Wildman–Crippen LogP) is 3.43. The van der Waals surface area contributed by atoms with Crippen molar-refractivity contribution in [2.45, 2.75) is 31.7 Å². The fraction of sp³-hybridized carbons (Fsp3) is 0.625. The molecule has 1 aromatic carbocycles. The summed E-state index contributed by atoms with van der Waals surface area (Å²) in [5, 5.41) is 3.48. The molecule has 2 aliphatic rings. The summed E-state index contributed by atoms with van der Waals surface area (Å²) in [6.07, 6.45) is 5.69. The maximum absolute atomic E-state index is 3.48. The number of hydrogen-bond acceptors (Lipinski definition) is 2. The lowest BCUT2D eigenvalue weighted by molar-refractivity contribution is 0.125. The molecule has 3 heteroatoms. The predicted molar refractivity (Wildman–Crippen MR) is 88.3 cm³/mol. The van der Waals surface area contributed by atoms with Gasteiger partial charge in [-0.1, -0.05) is 31.0 Å². The Morgan fingerprint density at radius 1 is 1.11 bits per heavy atom. The Morgan fingerprint density at radius 3 is 2.47 bits per heavy atom. The van der Waals surface area contributed by atoms with E-state index in [-0.39, 0.29) is 0 Å². The summed E-state index contributed by atoms with van der Waals surface area (Å²) in [7, 11) is 0. The summed E-state index contributed by atoms with van der Waals surface area (Å²) >= 11 is 2.52. The van der Waals surface area contributed by atoms with Gasteiger partial charge in [-0.2, -0.15) is 0 Å². The molecular weight excluding hydrogens is 347 g/mol. The number of nitrogens with one attached hydrogen (secondary N) is 1. The minimum Gasteiger partial charge on any atom is -0.314 e. The Hall–Kier alpha value is -0.130. The minimum atomic E-state index is 0.651. The Labute approximate surface area is 130 Å². The topological polar surface area (TPSA) is 15.3 Å². The first kappa shape index (κ1) is 13.8. The van der Waals surface area contributed by atoms with E-state index in [0.29, 0.717) is 6.04 Å². The molecule has 0 amide bonds. The van der Waals surface area contributed by atoms with Crippen molar-refractivity contribution in [3.63, 3.8) is 0 Å². The molecule has 1 N–H and O–H groups in total. The molecule has 1 aliphatic heterocycles. The highest BCUT2D eigenvalue weighted by atomic mass is 127. The highest BCUT2D eigenvalue weighted by molar-refractivity contribution is 14.1. The number of piperazine rings is 1. The fourth-order valence-electron chi connectivity index (χ4n) is 3.70. The Morgan fingerprint density at radius 2 is 1.79 bits per heavy atom. The van der Waals surface area contributed by atoms with Gasteiger partial charge in [-0.25, -0.2) is 0 Å². The second kappa shape index (κ2) is 6.55. The van der Waals surface area contributed by atoms with Gasteiger partial charge in [0.05, 0.1) is 0 Å². The minimum absolute atomic E-state index is 0.651. The van der Waals surface area contributed by atoms with Crippen molar-refractivity contribution in [3.8, 4) is 0 Å². The van der Waals surface area contributed by atoms with E-state index in [1.165, 1.54) is 42.3 Å². The van der Waals surface area contributed by atoms with Crippen LogP contribution in [0.15, 0.2) is 24.3 Å². The number of benzene rings is 1. The normalized spacial score (nSPS) is 23.6. The van der Waals surface area contributed by atoms with Crippen LogP contribution in [0.2, 0.25) is 0 Å². The molecule has 1 saturated carbocycles. The zero-order valence-corrected chi connectivity index (χ0v) is 13.6. The van der Waals surface area contributed by atoms with Crippen LogP contribution in [0.4, 0.5) is 0 Å². The fourth-order valence-corrected chi connectivity index (χ4v) is 4.40. The molecule has 0 spiro atoms. The van der Waals surface area contributed by atoms with Crippen molar-refractivity contribution in [1.82, 2.24) is 10.2 Å². The van der Waals surface area contributed by atoms with Crippen molar-refractivity contribution in [1.29, 1.82) is 0 Å². The molecular formula is C16H23IN2. The quantitative estimate of drug-likeness (QED) is 0.821. The van der Waals surface area contributed by atoms with Crippen LogP contribution >= 0.6 is 22.6 Å². The largest absolute Gasteiger partial charge is 0.314 e. The number of nitrogens with zero attached hydrogens (tertiary/aromatic N) is 1. The number of halogens is 1. The van der Waals surface area contributed by atoms with Crippen LogP contribution in [0.5, 0.6) is 0 Å². The molecule has 0 bridgehead atoms. The van der Waals surface area contributed by atoms with Crippen LogP contribution < -0.4 is 5.32 Å². The highest BCUT2D eigenvalue weighted by Gasteiger charge is 2.32. The highest BCUT2D eigenvalue weighted by Crippen LogP contribution is 2.40. The Balaban J connectivity index is 1.88. The van der Waals surface area contributed by atoms with E-state index >= 15 is 0 Å². The average molecular weight is 370 g/mol. The zero-order chi connectivity index (χ0) is 13.1. The summed E-state index contributed by atoms with van der Waals surface area (Å²) in [6, 6.07) is 9.64. The van der Waals surface area contributed by atoms with E-state index in [2.05, 4.69) is 57.1 Å². The standard InChI is InChI=1S/C16H23IN2/c17-15-8-4-3-7-14(15)16(13-5-1-2-6-13)19-11-9-18-10-12-19/h3-4,7-8,13,16,18H,1-2,5-6,9-12H2/t16-/m0/s1. The van der Waals surface area contributed by atoms with Crippen molar-refractivity contribution in [2.75, 3.05) is 26.2 Å². The van der Waals surface area contributed by atoms with Gasteiger partial charge in [-0.05, 0) is 53.0 Å². The van der Waals surface area contributed by atoms with Gasteiger partial charge in [0.1, 0.15) is 0 Å². The average Bonchev–Trinajstić information content (AvgIpc) is 2.96. The van der Waals surface area contributed by atoms with E-state index in [0.717, 1.165) is 19.0 Å². The van der Waals surface area contributed by atoms with E-state index in [1.807, 2.05) is 0 Å². The third kappa shape index (κ3) is 3.14. The second-order valence-electron chi connectivity index (χ2n) is 5.80. The summed E-state index contributed by atoms with van der Waals surface area (Å²) in [4.78, 5) is 2.73. The lowest BCUT2D eigenvalue weighted by Gasteiger charge is -2.39. The van der Waals surface area contributed by atoms with E-state index < -0.39 is 0 Å². The Bertz CT molecular complexity index is 409. The van der Waals surface area contributed by atoms with Crippen LogP contribution in [0, 0.1) is 9.49 Å². The molecule has 1 saturated heterocycles. The monoisotopic (exact) mass is 370 g/mol. The summed E-state index contributed by atoms with van der Waals surface area (Å²) in [5.41, 5.74) is 1.57. The molecule has 0 unspecified atom stereocenters. The van der Waals surface area contributed by atoms with Crippen molar-refractivity contribution in [3.05, 3.63) is 33.4 Å². The molecule has 0 radical (unpaired) electrons. The lowest BCUT2D eigenvalue weighted by Crippen LogP contribution is -2.46. The zero-order valence-electron chi connectivity index (χ0n) is 11.4. The van der Waals surface area contributed by atoms with Gasteiger partial charge < -0.3 is 5.32 Å². The first-order valence-corrected chi connectivity index (χ1v) is 8.63. The molecule has 1 aliphatic carbocycles. The van der Waals surface area contributed by atoms with Gasteiger partial charge in [-0.15, -0.1) is 0 Å². The molecule has 1 atom stereocenters. The van der Waals surface area contributed by atoms with Gasteiger partial charge in [0.2, 0.25) is 0 Å². The van der Waals surface area contributed by atoms with Gasteiger partial charge in [0.25, 0.3) is 0 Å². The van der Waals surface area contributed by atoms with Crippen LogP contribution in [0.3, 0.4) is 0 Å². The van der Waals surface area contributed by atoms with E-state index in [1.54, 1.807) is 5.56 Å². The van der Waals surface area contributed by atoms with Gasteiger partial charge in [0.15, 0.2) is 0 Å². The molecule has 3 rings (SSSR count). The number of rotatable bonds is 3. The molecule has 2 nitrogen and oxygen atoms in total. The van der Waals surface area contributed by atoms with Crippen LogP contribution in [0.1, 0.15) is 37.3 Å². The SMILES string of the molecule is Ic1ccccc1[C@H](C1CCCC1)N1CCNCC1. The summed E-state index contributed by atoms with van der Waals surface area (Å²) in [5.74, 6) is 0.869. The first-order chi connectivity index (χ1) is 9.36. The van der Waals surface area contributed by atoms with Gasteiger partial charge in [-0.3, -0.25) is 4.90 Å². The number of hydrogen-bond donors (Lipinski definition) is 1. The van der Waals surface area contributed by atoms with E-state index in [9.17, 15) is 0 Å². The third-order valence-electron chi connectivity index (χ3n) is 4.62. The molecule has 0 aromatic heterocycles. The molecule has 2 fully saturated rings. The smallest absolute Gasteiger partial charge is 0.0387 e. The maximum atomic E-state index is 3.48. The van der Waals surface area contributed by atoms with E-state index in [4.69, 9.17) is 0 Å². The first-order valence-electron chi connectivity index (χ1n) is 7.55. The van der Waals surface area contributed by atoms with Crippen molar-refractivity contribution in [2.24, 2.45) is 5.92 Å². The van der Waals surface area contributed by atoms with Gasteiger partial charge in [0, 0.05) is 35.8 Å². The van der Waals surface area contributed by atoms with Gasteiger partial charge >= 0.3 is 0 Å². The molecule has 1 aromatic rings. The summed E-state index contributed by atoms with van der Waals surface area (Å²) < 4.78 is 1.44. The molecule has 1 heterocycles. The van der Waals surface area contributed by atoms with Crippen molar-refractivity contribution >= 4 is 22.6 Å². The molecule has 104 valence electrons. The van der Waals surface area contributed by atoms with Crippen LogP contribution in [0.25, 0.3) is 0 Å². The summed E-state index contributed by atoms with van der Waals surface area (Å²) in [6.45, 7) is 4.69. The van der Waals surface area contributed by atoms with Crippen LogP contribution in [-0.4, -0.2) is 31.1 Å². The maximum Gasteiger partial charge on any atom is 0.0387 e. The van der Waals surface area contributed by atoms with Crippen LogP contribution in [-0.2, 0) is 0 Å². The Kier molecular flexibility index (Phi) is 4.77. The third-order valence-corrected chi connectivity index (χ3v) is 5.60. The second-order valence-corrected chi connectivity index (χ2v) is 6.96. The lowest BCUT2D eigenvalue weighted by atomic mass is 9.90.